The van der Waals surface area contributed by atoms with Crippen LogP contribution in [-0.2, 0) is 5.41 Å². The van der Waals surface area contributed by atoms with Gasteiger partial charge < -0.3 is 0 Å². The number of aromatic nitrogens is 3. The quantitative estimate of drug-likeness (QED) is 0.218. The zero-order valence-corrected chi connectivity index (χ0v) is 24.1. The van der Waals surface area contributed by atoms with Crippen molar-refractivity contribution in [2.75, 3.05) is 0 Å². The Morgan fingerprint density at radius 3 is 1.95 bits per heavy atom. The molecule has 0 N–H and O–H groups in total. The highest BCUT2D eigenvalue weighted by atomic mass is 14.9. The van der Waals surface area contributed by atoms with E-state index in [1.165, 1.54) is 38.6 Å². The molecule has 0 radical (unpaired) electrons. The lowest BCUT2D eigenvalue weighted by Gasteiger charge is -2.22. The van der Waals surface area contributed by atoms with Gasteiger partial charge in [-0.1, -0.05) is 111 Å². The largest absolute Gasteiger partial charge is 0.264 e. The van der Waals surface area contributed by atoms with E-state index < -0.39 is 0 Å². The van der Waals surface area contributed by atoms with E-state index in [-0.39, 0.29) is 5.41 Å². The number of hydrogen-bond donors (Lipinski definition) is 0. The average Bonchev–Trinajstić information content (AvgIpc) is 3.30. The zero-order valence-electron chi connectivity index (χ0n) is 24.1. The fourth-order valence-corrected chi connectivity index (χ4v) is 6.60. The molecule has 2 aromatic heterocycles. The van der Waals surface area contributed by atoms with E-state index in [0.717, 1.165) is 33.6 Å². The molecule has 0 amide bonds. The molecule has 204 valence electrons. The van der Waals surface area contributed by atoms with Crippen molar-refractivity contribution >= 4 is 10.8 Å². The molecule has 1 aliphatic rings. The molecule has 0 bridgehead atoms. The lowest BCUT2D eigenvalue weighted by molar-refractivity contribution is 0.661. The number of benzene rings is 5. The van der Waals surface area contributed by atoms with Crippen LogP contribution in [0.4, 0.5) is 0 Å². The minimum atomic E-state index is -0.109. The van der Waals surface area contributed by atoms with Gasteiger partial charge in [-0.3, -0.25) is 4.98 Å². The molecule has 0 spiro atoms. The SMILES string of the molecule is CC1(C)c2cc3ccccc3cc2-c2c(-c3ccccc3-c3cc(-c4cccnc4)nc(-c4ccccc4)n3)cccc21. The van der Waals surface area contributed by atoms with Crippen molar-refractivity contribution in [1.82, 2.24) is 15.0 Å². The van der Waals surface area contributed by atoms with Gasteiger partial charge in [0.2, 0.25) is 0 Å². The first-order chi connectivity index (χ1) is 21.1. The third-order valence-corrected chi connectivity index (χ3v) is 8.77. The molecule has 8 rings (SSSR count). The first kappa shape index (κ1) is 25.3. The van der Waals surface area contributed by atoms with Crippen molar-refractivity contribution < 1.29 is 0 Å². The summed E-state index contributed by atoms with van der Waals surface area (Å²) in [5, 5.41) is 2.54. The lowest BCUT2D eigenvalue weighted by Crippen LogP contribution is -2.14. The Balaban J connectivity index is 1.37. The molecule has 0 saturated heterocycles. The minimum absolute atomic E-state index is 0.109. The Hall–Kier alpha value is -5.41. The van der Waals surface area contributed by atoms with Crippen LogP contribution in [0.1, 0.15) is 25.0 Å². The topological polar surface area (TPSA) is 38.7 Å². The Morgan fingerprint density at radius 2 is 1.16 bits per heavy atom. The zero-order chi connectivity index (χ0) is 29.0. The first-order valence-corrected chi connectivity index (χ1v) is 14.7. The predicted octanol–water partition coefficient (Wildman–Crippen LogP) is 10.00. The summed E-state index contributed by atoms with van der Waals surface area (Å²) in [7, 11) is 0. The van der Waals surface area contributed by atoms with Crippen molar-refractivity contribution in [2.45, 2.75) is 19.3 Å². The van der Waals surface area contributed by atoms with Crippen LogP contribution in [0.5, 0.6) is 0 Å². The molecule has 0 aliphatic heterocycles. The summed E-state index contributed by atoms with van der Waals surface area (Å²) in [6, 6.07) is 45.1. The highest BCUT2D eigenvalue weighted by Gasteiger charge is 2.37. The van der Waals surface area contributed by atoms with Gasteiger partial charge in [-0.05, 0) is 74.5 Å². The summed E-state index contributed by atoms with van der Waals surface area (Å²) in [4.78, 5) is 14.5. The van der Waals surface area contributed by atoms with E-state index in [0.29, 0.717) is 5.82 Å². The first-order valence-electron chi connectivity index (χ1n) is 14.7. The van der Waals surface area contributed by atoms with Crippen LogP contribution in [0.3, 0.4) is 0 Å². The van der Waals surface area contributed by atoms with Crippen molar-refractivity contribution in [2.24, 2.45) is 0 Å². The molecule has 1 aliphatic carbocycles. The Morgan fingerprint density at radius 1 is 0.488 bits per heavy atom. The van der Waals surface area contributed by atoms with Crippen LogP contribution >= 0.6 is 0 Å². The summed E-state index contributed by atoms with van der Waals surface area (Å²) in [6.45, 7) is 4.69. The minimum Gasteiger partial charge on any atom is -0.264 e. The Kier molecular flexibility index (Phi) is 5.80. The summed E-state index contributed by atoms with van der Waals surface area (Å²) in [6.07, 6.45) is 3.65. The van der Waals surface area contributed by atoms with Gasteiger partial charge >= 0.3 is 0 Å². The predicted molar refractivity (Wildman–Crippen MR) is 177 cm³/mol. The molecular weight excluding hydrogens is 522 g/mol. The van der Waals surface area contributed by atoms with Crippen LogP contribution in [0, 0.1) is 0 Å². The molecule has 3 nitrogen and oxygen atoms in total. The second kappa shape index (κ2) is 9.85. The van der Waals surface area contributed by atoms with Crippen molar-refractivity contribution in [3.8, 4) is 56.2 Å². The number of hydrogen-bond acceptors (Lipinski definition) is 3. The molecule has 0 unspecified atom stereocenters. The van der Waals surface area contributed by atoms with Crippen LogP contribution in [-0.4, -0.2) is 15.0 Å². The van der Waals surface area contributed by atoms with Crippen molar-refractivity contribution in [1.29, 1.82) is 0 Å². The fourth-order valence-electron chi connectivity index (χ4n) is 6.60. The van der Waals surface area contributed by atoms with Crippen LogP contribution in [0.25, 0.3) is 66.9 Å². The lowest BCUT2D eigenvalue weighted by atomic mass is 9.81. The number of rotatable bonds is 4. The molecule has 0 atom stereocenters. The molecule has 3 heteroatoms. The maximum atomic E-state index is 5.16. The molecule has 43 heavy (non-hydrogen) atoms. The maximum absolute atomic E-state index is 5.16. The van der Waals surface area contributed by atoms with Gasteiger partial charge in [0.15, 0.2) is 5.82 Å². The average molecular weight is 552 g/mol. The molecule has 0 fully saturated rings. The summed E-state index contributed by atoms with van der Waals surface area (Å²) < 4.78 is 0. The number of nitrogens with zero attached hydrogens (tertiary/aromatic N) is 3. The van der Waals surface area contributed by atoms with Gasteiger partial charge in [-0.2, -0.15) is 0 Å². The highest BCUT2D eigenvalue weighted by molar-refractivity contribution is 6.00. The highest BCUT2D eigenvalue weighted by Crippen LogP contribution is 2.53. The third-order valence-electron chi connectivity index (χ3n) is 8.77. The smallest absolute Gasteiger partial charge is 0.160 e. The fraction of sp³-hybridized carbons (Fsp3) is 0.0750. The van der Waals surface area contributed by atoms with E-state index in [1.54, 1.807) is 6.20 Å². The molecule has 5 aromatic carbocycles. The summed E-state index contributed by atoms with van der Waals surface area (Å²) >= 11 is 0. The second-order valence-corrected chi connectivity index (χ2v) is 11.7. The van der Waals surface area contributed by atoms with Crippen LogP contribution in [0.15, 0.2) is 140 Å². The molecule has 7 aromatic rings. The van der Waals surface area contributed by atoms with E-state index in [2.05, 4.69) is 116 Å². The number of pyridine rings is 1. The third kappa shape index (κ3) is 4.16. The van der Waals surface area contributed by atoms with Gasteiger partial charge in [0.1, 0.15) is 0 Å². The maximum Gasteiger partial charge on any atom is 0.160 e. The van der Waals surface area contributed by atoms with Gasteiger partial charge in [0, 0.05) is 34.5 Å². The van der Waals surface area contributed by atoms with Crippen LogP contribution in [0.2, 0.25) is 0 Å². The molecule has 2 heterocycles. The van der Waals surface area contributed by atoms with Gasteiger partial charge in [-0.15, -0.1) is 0 Å². The second-order valence-electron chi connectivity index (χ2n) is 11.7. The van der Waals surface area contributed by atoms with E-state index in [4.69, 9.17) is 9.97 Å². The van der Waals surface area contributed by atoms with E-state index in [1.807, 2.05) is 36.5 Å². The number of fused-ring (bicyclic) bond motifs is 4. The molecular formula is C40H29N3. The summed E-state index contributed by atoms with van der Waals surface area (Å²) in [5.74, 6) is 0.697. The Labute approximate surface area is 251 Å². The van der Waals surface area contributed by atoms with Gasteiger partial charge in [0.25, 0.3) is 0 Å². The van der Waals surface area contributed by atoms with Gasteiger partial charge in [0.05, 0.1) is 11.4 Å². The standard InChI is InChI=1S/C40H29N3/c1-40(2)34-20-10-19-32(38(34)33-22-27-14-6-7-15-28(27)23-35(33)40)30-17-8-9-18-31(30)37-24-36(29-16-11-21-41-25-29)42-39(43-37)26-12-4-3-5-13-26/h3-25H,1-2H3. The van der Waals surface area contributed by atoms with Gasteiger partial charge in [-0.25, -0.2) is 9.97 Å². The van der Waals surface area contributed by atoms with Crippen molar-refractivity contribution in [3.05, 3.63) is 151 Å². The normalized spacial score (nSPS) is 13.1. The van der Waals surface area contributed by atoms with E-state index in [9.17, 15) is 0 Å². The van der Waals surface area contributed by atoms with Crippen LogP contribution < -0.4 is 0 Å². The van der Waals surface area contributed by atoms with Crippen molar-refractivity contribution in [3.63, 3.8) is 0 Å². The monoisotopic (exact) mass is 551 g/mol. The Bertz CT molecular complexity index is 2090. The summed E-state index contributed by atoms with van der Waals surface area (Å²) in [5.41, 5.74) is 12.4. The van der Waals surface area contributed by atoms with E-state index >= 15 is 0 Å². The molecule has 0 saturated carbocycles.